The van der Waals surface area contributed by atoms with E-state index in [1.807, 2.05) is 6.07 Å². The first-order valence-corrected chi connectivity index (χ1v) is 20.3. The lowest BCUT2D eigenvalue weighted by atomic mass is 9.94. The third-order valence-electron chi connectivity index (χ3n) is 12.2. The van der Waals surface area contributed by atoms with Gasteiger partial charge in [0, 0.05) is 32.7 Å². The zero-order chi connectivity index (χ0) is 39.3. The lowest BCUT2D eigenvalue weighted by Crippen LogP contribution is -2.07. The number of nitrogens with zero attached hydrogens (tertiary/aromatic N) is 4. The minimum absolute atomic E-state index is 0.552. The molecule has 0 fully saturated rings. The largest absolute Gasteiger partial charge is 0.456 e. The summed E-state index contributed by atoms with van der Waals surface area (Å²) in [5.74, 6) is 1.73. The Bertz CT molecular complexity index is 3910. The van der Waals surface area contributed by atoms with Gasteiger partial charge in [-0.1, -0.05) is 146 Å². The lowest BCUT2D eigenvalue weighted by Gasteiger charge is -2.14. The van der Waals surface area contributed by atoms with Crippen LogP contribution in [0.5, 0.6) is 0 Å². The van der Waals surface area contributed by atoms with Crippen LogP contribution in [0.1, 0.15) is 0 Å². The highest BCUT2D eigenvalue weighted by molar-refractivity contribution is 6.23. The van der Waals surface area contributed by atoms with Crippen molar-refractivity contribution in [2.24, 2.45) is 0 Å². The fourth-order valence-corrected chi connectivity index (χ4v) is 9.38. The van der Waals surface area contributed by atoms with E-state index in [0.29, 0.717) is 17.6 Å². The summed E-state index contributed by atoms with van der Waals surface area (Å²) in [6.07, 6.45) is 0. The molecule has 3 heterocycles. The SMILES string of the molecule is c1ccc(-c2cccc3ccccc23)c(-c2nc(-c3ccc4oc5cc6ccccc6cc5c4c3)nc(-n3c4cc5ccccc5cc4c4c5ccccc5ccc43)n2)c1. The smallest absolute Gasteiger partial charge is 0.238 e. The summed E-state index contributed by atoms with van der Waals surface area (Å²) in [4.78, 5) is 16.2. The van der Waals surface area contributed by atoms with Crippen molar-refractivity contribution in [3.63, 3.8) is 0 Å². The molecule has 13 aromatic rings. The zero-order valence-corrected chi connectivity index (χ0v) is 32.2. The monoisotopic (exact) mass is 764 g/mol. The molecule has 0 unspecified atom stereocenters. The third kappa shape index (κ3) is 4.96. The normalized spacial score (nSPS) is 12.0. The van der Waals surface area contributed by atoms with E-state index in [0.717, 1.165) is 71.4 Å². The van der Waals surface area contributed by atoms with E-state index in [2.05, 4.69) is 193 Å². The predicted molar refractivity (Wildman–Crippen MR) is 248 cm³/mol. The van der Waals surface area contributed by atoms with Gasteiger partial charge in [0.2, 0.25) is 5.95 Å². The number of hydrogen-bond acceptors (Lipinski definition) is 4. The van der Waals surface area contributed by atoms with Crippen LogP contribution in [0.15, 0.2) is 199 Å². The molecule has 278 valence electrons. The second-order valence-corrected chi connectivity index (χ2v) is 15.6. The van der Waals surface area contributed by atoms with E-state index in [1.165, 1.54) is 37.7 Å². The molecule has 0 atom stereocenters. The zero-order valence-electron chi connectivity index (χ0n) is 32.2. The maximum absolute atomic E-state index is 6.44. The van der Waals surface area contributed by atoms with Crippen molar-refractivity contribution >= 4 is 86.8 Å². The van der Waals surface area contributed by atoms with Crippen LogP contribution in [-0.2, 0) is 0 Å². The molecule has 60 heavy (non-hydrogen) atoms. The van der Waals surface area contributed by atoms with Crippen LogP contribution in [0.4, 0.5) is 0 Å². The van der Waals surface area contributed by atoms with Gasteiger partial charge < -0.3 is 4.42 Å². The number of furan rings is 1. The molecule has 0 aliphatic heterocycles. The first-order valence-electron chi connectivity index (χ1n) is 20.3. The summed E-state index contributed by atoms with van der Waals surface area (Å²) < 4.78 is 8.67. The summed E-state index contributed by atoms with van der Waals surface area (Å²) in [6, 6.07) is 68.7. The van der Waals surface area contributed by atoms with E-state index in [4.69, 9.17) is 19.4 Å². The molecule has 0 N–H and O–H groups in total. The van der Waals surface area contributed by atoms with Gasteiger partial charge in [-0.05, 0) is 103 Å². The summed E-state index contributed by atoms with van der Waals surface area (Å²) in [5.41, 5.74) is 7.73. The van der Waals surface area contributed by atoms with E-state index < -0.39 is 0 Å². The number of fused-ring (bicyclic) bond motifs is 11. The van der Waals surface area contributed by atoms with E-state index in [-0.39, 0.29) is 0 Å². The number of aromatic nitrogens is 4. The Hall–Kier alpha value is -8.15. The van der Waals surface area contributed by atoms with Crippen molar-refractivity contribution in [2.45, 2.75) is 0 Å². The average Bonchev–Trinajstić information content (AvgIpc) is 3.83. The molecule has 5 nitrogen and oxygen atoms in total. The van der Waals surface area contributed by atoms with Gasteiger partial charge in [-0.2, -0.15) is 9.97 Å². The highest BCUT2D eigenvalue weighted by Crippen LogP contribution is 2.41. The first kappa shape index (κ1) is 32.9. The Kier molecular flexibility index (Phi) is 6.95. The molecule has 0 amide bonds. The Labute approximate surface area is 343 Å². The fourth-order valence-electron chi connectivity index (χ4n) is 9.38. The van der Waals surface area contributed by atoms with Crippen molar-refractivity contribution in [1.82, 2.24) is 19.5 Å². The van der Waals surface area contributed by atoms with Crippen molar-refractivity contribution in [3.05, 3.63) is 194 Å². The van der Waals surface area contributed by atoms with Gasteiger partial charge in [-0.3, -0.25) is 4.57 Å². The number of rotatable bonds is 4. The fraction of sp³-hybridized carbons (Fsp3) is 0. The Morgan fingerprint density at radius 2 is 0.917 bits per heavy atom. The molecule has 0 bridgehead atoms. The molecular weight excluding hydrogens is 733 g/mol. The first-order chi connectivity index (χ1) is 29.7. The molecule has 13 rings (SSSR count). The van der Waals surface area contributed by atoms with Crippen molar-refractivity contribution < 1.29 is 4.42 Å². The summed E-state index contributed by atoms with van der Waals surface area (Å²) in [7, 11) is 0. The second kappa shape index (κ2) is 12.7. The summed E-state index contributed by atoms with van der Waals surface area (Å²) in [6.45, 7) is 0. The molecule has 10 aromatic carbocycles. The van der Waals surface area contributed by atoms with Crippen LogP contribution >= 0.6 is 0 Å². The van der Waals surface area contributed by atoms with Crippen LogP contribution < -0.4 is 0 Å². The Balaban J connectivity index is 1.12. The standard InChI is InChI=1S/C55H32N4O/c1-3-16-37-31-49-47(29-36(37)15-1)52-41-20-8-6-13-34(41)24-26-48(52)59(49)55-57-53(39-25-27-50-45(30-39)46-28-35-14-2-4-17-38(35)32-51(46)60-50)56-54(58-55)44-22-10-9-21-43(44)42-23-11-18-33-12-5-7-19-40(33)42/h1-32H. The van der Waals surface area contributed by atoms with Crippen molar-refractivity contribution in [3.8, 4) is 39.9 Å². The topological polar surface area (TPSA) is 56.7 Å². The molecule has 0 spiro atoms. The molecule has 0 aliphatic rings. The molecule has 0 saturated heterocycles. The molecule has 0 aliphatic carbocycles. The van der Waals surface area contributed by atoms with Gasteiger partial charge in [0.15, 0.2) is 11.6 Å². The van der Waals surface area contributed by atoms with Crippen LogP contribution in [0.2, 0.25) is 0 Å². The van der Waals surface area contributed by atoms with Crippen LogP contribution in [-0.4, -0.2) is 19.5 Å². The Morgan fingerprint density at radius 3 is 1.72 bits per heavy atom. The maximum Gasteiger partial charge on any atom is 0.238 e. The van der Waals surface area contributed by atoms with Crippen molar-refractivity contribution in [1.29, 1.82) is 0 Å². The highest BCUT2D eigenvalue weighted by atomic mass is 16.3. The molecule has 5 heteroatoms. The number of hydrogen-bond donors (Lipinski definition) is 0. The van der Waals surface area contributed by atoms with Crippen LogP contribution in [0.3, 0.4) is 0 Å². The maximum atomic E-state index is 6.44. The van der Waals surface area contributed by atoms with Gasteiger partial charge in [0.1, 0.15) is 11.2 Å². The number of benzene rings is 10. The third-order valence-corrected chi connectivity index (χ3v) is 12.2. The van der Waals surface area contributed by atoms with E-state index >= 15 is 0 Å². The molecule has 3 aromatic heterocycles. The molecule has 0 saturated carbocycles. The van der Waals surface area contributed by atoms with Crippen molar-refractivity contribution in [2.75, 3.05) is 0 Å². The second-order valence-electron chi connectivity index (χ2n) is 15.6. The van der Waals surface area contributed by atoms with Gasteiger partial charge in [0.05, 0.1) is 11.0 Å². The van der Waals surface area contributed by atoms with Gasteiger partial charge in [-0.25, -0.2) is 4.98 Å². The quantitative estimate of drug-likeness (QED) is 0.179. The minimum Gasteiger partial charge on any atom is -0.456 e. The summed E-state index contributed by atoms with van der Waals surface area (Å²) in [5, 5.41) is 13.8. The minimum atomic E-state index is 0.552. The van der Waals surface area contributed by atoms with Gasteiger partial charge in [0.25, 0.3) is 0 Å². The van der Waals surface area contributed by atoms with Gasteiger partial charge in [-0.15, -0.1) is 0 Å². The lowest BCUT2D eigenvalue weighted by molar-refractivity contribution is 0.669. The molecule has 0 radical (unpaired) electrons. The van der Waals surface area contributed by atoms with Crippen LogP contribution in [0, 0.1) is 0 Å². The summed E-state index contributed by atoms with van der Waals surface area (Å²) >= 11 is 0. The average molecular weight is 765 g/mol. The highest BCUT2D eigenvalue weighted by Gasteiger charge is 2.22. The van der Waals surface area contributed by atoms with Crippen LogP contribution in [0.25, 0.3) is 127 Å². The van der Waals surface area contributed by atoms with E-state index in [1.54, 1.807) is 0 Å². The Morgan fingerprint density at radius 1 is 0.333 bits per heavy atom. The van der Waals surface area contributed by atoms with E-state index in [9.17, 15) is 0 Å². The predicted octanol–water partition coefficient (Wildman–Crippen LogP) is 14.5. The van der Waals surface area contributed by atoms with Gasteiger partial charge >= 0.3 is 0 Å². The molecular formula is C55H32N4O.